The summed E-state index contributed by atoms with van der Waals surface area (Å²) in [5.41, 5.74) is -0.0913. The van der Waals surface area contributed by atoms with Crippen LogP contribution in [0.15, 0.2) is 11.1 Å². The Balaban J connectivity index is 2.32. The fourth-order valence-electron chi connectivity index (χ4n) is 1.27. The van der Waals surface area contributed by atoms with Crippen LogP contribution in [0.4, 0.5) is 5.82 Å². The van der Waals surface area contributed by atoms with Crippen molar-refractivity contribution in [3.63, 3.8) is 0 Å². The molecule has 0 amide bonds. The smallest absolute Gasteiger partial charge is 0.266 e. The van der Waals surface area contributed by atoms with Gasteiger partial charge in [0.1, 0.15) is 9.39 Å². The number of nitrogens with zero attached hydrogens (tertiary/aromatic N) is 2. The summed E-state index contributed by atoms with van der Waals surface area (Å²) in [6.07, 6.45) is 3.63. The quantitative estimate of drug-likeness (QED) is 0.604. The summed E-state index contributed by atoms with van der Waals surface area (Å²) in [6.45, 7) is 1.93. The van der Waals surface area contributed by atoms with E-state index in [1.54, 1.807) is 0 Å². The number of halogens is 1. The lowest BCUT2D eigenvalue weighted by molar-refractivity contribution is 0.396. The molecule has 1 heterocycles. The van der Waals surface area contributed by atoms with Crippen molar-refractivity contribution >= 4 is 28.4 Å². The van der Waals surface area contributed by atoms with E-state index in [0.717, 1.165) is 25.9 Å². The molecule has 0 saturated heterocycles. The van der Waals surface area contributed by atoms with Crippen LogP contribution >= 0.6 is 22.6 Å². The van der Waals surface area contributed by atoms with Crippen molar-refractivity contribution in [1.82, 2.24) is 14.9 Å². The number of aromatic amines is 1. The minimum atomic E-state index is -0.0913. The van der Waals surface area contributed by atoms with Crippen molar-refractivity contribution in [2.45, 2.75) is 12.8 Å². The van der Waals surface area contributed by atoms with Crippen LogP contribution in [-0.2, 0) is 0 Å². The van der Waals surface area contributed by atoms with Crippen LogP contribution in [0, 0.1) is 3.57 Å². The second kappa shape index (κ2) is 6.85. The number of anilines is 1. The van der Waals surface area contributed by atoms with Gasteiger partial charge in [0.25, 0.3) is 5.56 Å². The van der Waals surface area contributed by atoms with Gasteiger partial charge in [0.2, 0.25) is 0 Å². The summed E-state index contributed by atoms with van der Waals surface area (Å²) in [7, 11) is 4.13. The van der Waals surface area contributed by atoms with Gasteiger partial charge in [0.05, 0.1) is 6.33 Å². The standard InChI is InChI=1S/C10H17IN4O/c1-15(2)6-4-3-5-12-9-8(11)10(16)14-7-13-9/h7H,3-6H2,1-2H3,(H2,12,13,14,16). The fourth-order valence-corrected chi connectivity index (χ4v) is 1.75. The third-order valence-electron chi connectivity index (χ3n) is 2.12. The SMILES string of the molecule is CN(C)CCCCNc1nc[nH]c(=O)c1I. The van der Waals surface area contributed by atoms with Gasteiger partial charge >= 0.3 is 0 Å². The number of rotatable bonds is 6. The Hall–Kier alpha value is -0.630. The zero-order chi connectivity index (χ0) is 12.0. The molecule has 0 aliphatic rings. The number of hydrogen-bond acceptors (Lipinski definition) is 4. The maximum Gasteiger partial charge on any atom is 0.266 e. The maximum absolute atomic E-state index is 11.3. The second-order valence-corrected chi connectivity index (χ2v) is 4.91. The molecular weight excluding hydrogens is 319 g/mol. The number of H-pyrrole nitrogens is 1. The Morgan fingerprint density at radius 2 is 2.25 bits per heavy atom. The number of aromatic nitrogens is 2. The van der Waals surface area contributed by atoms with Gasteiger partial charge in [0, 0.05) is 6.54 Å². The van der Waals surface area contributed by atoms with Gasteiger partial charge in [-0.25, -0.2) is 4.98 Å². The van der Waals surface area contributed by atoms with E-state index >= 15 is 0 Å². The van der Waals surface area contributed by atoms with Crippen molar-refractivity contribution in [1.29, 1.82) is 0 Å². The summed E-state index contributed by atoms with van der Waals surface area (Å²) in [6, 6.07) is 0. The highest BCUT2D eigenvalue weighted by atomic mass is 127. The fraction of sp³-hybridized carbons (Fsp3) is 0.600. The Labute approximate surface area is 109 Å². The molecule has 2 N–H and O–H groups in total. The summed E-state index contributed by atoms with van der Waals surface area (Å²) in [5.74, 6) is 0.675. The molecule has 0 aromatic carbocycles. The van der Waals surface area contributed by atoms with E-state index in [4.69, 9.17) is 0 Å². The molecule has 90 valence electrons. The molecule has 0 radical (unpaired) electrons. The normalized spacial score (nSPS) is 10.8. The molecule has 0 saturated carbocycles. The zero-order valence-electron chi connectivity index (χ0n) is 9.59. The lowest BCUT2D eigenvalue weighted by Crippen LogP contribution is -2.17. The van der Waals surface area contributed by atoms with E-state index in [1.165, 1.54) is 6.33 Å². The molecule has 0 spiro atoms. The third kappa shape index (κ3) is 4.48. The highest BCUT2D eigenvalue weighted by Gasteiger charge is 2.03. The number of unbranched alkanes of at least 4 members (excludes halogenated alkanes) is 1. The third-order valence-corrected chi connectivity index (χ3v) is 3.12. The molecule has 0 aliphatic carbocycles. The second-order valence-electron chi connectivity index (χ2n) is 3.83. The van der Waals surface area contributed by atoms with Crippen molar-refractivity contribution in [3.8, 4) is 0 Å². The summed E-state index contributed by atoms with van der Waals surface area (Å²) in [4.78, 5) is 20.1. The van der Waals surface area contributed by atoms with Crippen LogP contribution < -0.4 is 10.9 Å². The van der Waals surface area contributed by atoms with Crippen LogP contribution in [0.3, 0.4) is 0 Å². The maximum atomic E-state index is 11.3. The first-order chi connectivity index (χ1) is 7.61. The Morgan fingerprint density at radius 1 is 1.50 bits per heavy atom. The summed E-state index contributed by atoms with van der Waals surface area (Å²) >= 11 is 2.00. The first-order valence-corrected chi connectivity index (χ1v) is 6.31. The Bertz CT molecular complexity index is 377. The zero-order valence-corrected chi connectivity index (χ0v) is 11.7. The Kier molecular flexibility index (Phi) is 5.75. The van der Waals surface area contributed by atoms with Gasteiger partial charge in [-0.2, -0.15) is 0 Å². The van der Waals surface area contributed by atoms with Crippen LogP contribution in [0.1, 0.15) is 12.8 Å². The molecular formula is C10H17IN4O. The van der Waals surface area contributed by atoms with Gasteiger partial charge in [-0.05, 0) is 56.1 Å². The van der Waals surface area contributed by atoms with E-state index in [2.05, 4.69) is 34.3 Å². The predicted molar refractivity (Wildman–Crippen MR) is 73.9 cm³/mol. The molecule has 1 aromatic rings. The van der Waals surface area contributed by atoms with E-state index < -0.39 is 0 Å². The van der Waals surface area contributed by atoms with Crippen molar-refractivity contribution in [3.05, 3.63) is 20.3 Å². The van der Waals surface area contributed by atoms with Crippen LogP contribution in [-0.4, -0.2) is 42.1 Å². The molecule has 5 nitrogen and oxygen atoms in total. The molecule has 0 atom stereocenters. The minimum absolute atomic E-state index is 0.0913. The molecule has 6 heteroatoms. The van der Waals surface area contributed by atoms with Crippen LogP contribution in [0.25, 0.3) is 0 Å². The first kappa shape index (κ1) is 13.4. The Morgan fingerprint density at radius 3 is 2.94 bits per heavy atom. The lowest BCUT2D eigenvalue weighted by atomic mass is 10.3. The monoisotopic (exact) mass is 336 g/mol. The molecule has 1 aromatic heterocycles. The van der Waals surface area contributed by atoms with E-state index in [0.29, 0.717) is 9.39 Å². The molecule has 0 fully saturated rings. The van der Waals surface area contributed by atoms with E-state index in [-0.39, 0.29) is 5.56 Å². The van der Waals surface area contributed by atoms with Gasteiger partial charge in [-0.1, -0.05) is 0 Å². The average Bonchev–Trinajstić information content (AvgIpc) is 2.23. The lowest BCUT2D eigenvalue weighted by Gasteiger charge is -2.09. The molecule has 1 rings (SSSR count). The van der Waals surface area contributed by atoms with Crippen molar-refractivity contribution in [2.24, 2.45) is 0 Å². The van der Waals surface area contributed by atoms with Crippen molar-refractivity contribution in [2.75, 3.05) is 32.5 Å². The first-order valence-electron chi connectivity index (χ1n) is 5.23. The molecule has 16 heavy (non-hydrogen) atoms. The summed E-state index contributed by atoms with van der Waals surface area (Å²) in [5, 5.41) is 3.17. The number of nitrogens with one attached hydrogen (secondary N) is 2. The minimum Gasteiger partial charge on any atom is -0.369 e. The van der Waals surface area contributed by atoms with Gasteiger partial charge < -0.3 is 15.2 Å². The van der Waals surface area contributed by atoms with E-state index in [9.17, 15) is 4.79 Å². The predicted octanol–water partition coefficient (Wildman–Crippen LogP) is 1.13. The highest BCUT2D eigenvalue weighted by Crippen LogP contribution is 2.08. The van der Waals surface area contributed by atoms with Gasteiger partial charge in [-0.3, -0.25) is 4.79 Å². The van der Waals surface area contributed by atoms with Gasteiger partial charge in [0.15, 0.2) is 0 Å². The summed E-state index contributed by atoms with van der Waals surface area (Å²) < 4.78 is 0.618. The van der Waals surface area contributed by atoms with Crippen LogP contribution in [0.5, 0.6) is 0 Å². The van der Waals surface area contributed by atoms with Crippen LogP contribution in [0.2, 0.25) is 0 Å². The number of hydrogen-bond donors (Lipinski definition) is 2. The topological polar surface area (TPSA) is 61.0 Å². The van der Waals surface area contributed by atoms with Crippen molar-refractivity contribution < 1.29 is 0 Å². The largest absolute Gasteiger partial charge is 0.369 e. The van der Waals surface area contributed by atoms with E-state index in [1.807, 2.05) is 22.6 Å². The highest BCUT2D eigenvalue weighted by molar-refractivity contribution is 14.1. The van der Waals surface area contributed by atoms with Gasteiger partial charge in [-0.15, -0.1) is 0 Å². The molecule has 0 aliphatic heterocycles. The average molecular weight is 336 g/mol. The molecule has 0 unspecified atom stereocenters. The molecule has 0 bridgehead atoms.